The highest BCUT2D eigenvalue weighted by Gasteiger charge is 2.38. The van der Waals surface area contributed by atoms with Gasteiger partial charge in [0.15, 0.2) is 0 Å². The van der Waals surface area contributed by atoms with E-state index in [1.807, 2.05) is 24.4 Å². The van der Waals surface area contributed by atoms with Crippen molar-refractivity contribution in [3.63, 3.8) is 0 Å². The fourth-order valence-electron chi connectivity index (χ4n) is 4.46. The first-order valence-corrected chi connectivity index (χ1v) is 10.1. The molecule has 152 valence electrons. The van der Waals surface area contributed by atoms with E-state index in [0.29, 0.717) is 12.1 Å². The van der Waals surface area contributed by atoms with Crippen LogP contribution in [0.2, 0.25) is 0 Å². The highest BCUT2D eigenvalue weighted by Crippen LogP contribution is 2.36. The number of nitrogens with zero attached hydrogens (tertiary/aromatic N) is 6. The van der Waals surface area contributed by atoms with Gasteiger partial charge in [0, 0.05) is 31.5 Å². The molecule has 1 aliphatic carbocycles. The third-order valence-electron chi connectivity index (χ3n) is 6.06. The van der Waals surface area contributed by atoms with Crippen molar-refractivity contribution >= 4 is 5.52 Å². The van der Waals surface area contributed by atoms with Crippen LogP contribution in [0.5, 0.6) is 5.75 Å². The van der Waals surface area contributed by atoms with Crippen molar-refractivity contribution in [2.75, 3.05) is 0 Å². The molecule has 1 saturated carbocycles. The summed E-state index contributed by atoms with van der Waals surface area (Å²) in [6, 6.07) is 8.61. The average Bonchev–Trinajstić information content (AvgIpc) is 3.42. The van der Waals surface area contributed by atoms with E-state index in [4.69, 9.17) is 4.74 Å². The van der Waals surface area contributed by atoms with Gasteiger partial charge in [-0.3, -0.25) is 9.55 Å². The zero-order valence-electron chi connectivity index (χ0n) is 16.1. The smallest absolute Gasteiger partial charge is 0.346 e. The van der Waals surface area contributed by atoms with Gasteiger partial charge in [-0.1, -0.05) is 0 Å². The Labute approximate surface area is 170 Å². The maximum atomic E-state index is 13.2. The van der Waals surface area contributed by atoms with Crippen LogP contribution in [-0.4, -0.2) is 35.0 Å². The maximum Gasteiger partial charge on any atom is 0.346 e. The van der Waals surface area contributed by atoms with Gasteiger partial charge in [0.2, 0.25) is 0 Å². The second-order valence-corrected chi connectivity index (χ2v) is 7.87. The monoisotopic (exact) mass is 406 g/mol. The standard InChI is InChI=1S/C21H19FN6O2/c22-13-3-4-16(23-12-13)17-5-6-20-25-28(21(29)27(17)20)14-10-15(11-14)30-19-7-8-24-26-9-1-2-18(19)26/h1-4,7-9,12,14-15,17H,5-6,10-11H2. The van der Waals surface area contributed by atoms with E-state index in [0.717, 1.165) is 36.4 Å². The summed E-state index contributed by atoms with van der Waals surface area (Å²) in [7, 11) is 0. The molecule has 4 aromatic heterocycles. The summed E-state index contributed by atoms with van der Waals surface area (Å²) in [5.74, 6) is 1.18. The quantitative estimate of drug-likeness (QED) is 0.520. The molecule has 1 fully saturated rings. The van der Waals surface area contributed by atoms with E-state index < -0.39 is 0 Å². The van der Waals surface area contributed by atoms with Crippen LogP contribution in [0.3, 0.4) is 0 Å². The minimum atomic E-state index is -0.382. The number of fused-ring (bicyclic) bond motifs is 2. The van der Waals surface area contributed by atoms with Crippen molar-refractivity contribution in [2.45, 2.75) is 43.9 Å². The molecule has 0 radical (unpaired) electrons. The first-order valence-electron chi connectivity index (χ1n) is 10.1. The van der Waals surface area contributed by atoms with E-state index in [2.05, 4.69) is 15.2 Å². The number of hydrogen-bond acceptors (Lipinski definition) is 5. The topological polar surface area (TPSA) is 79.2 Å². The summed E-state index contributed by atoms with van der Waals surface area (Å²) in [6.07, 6.45) is 7.74. The summed E-state index contributed by atoms with van der Waals surface area (Å²) < 4.78 is 24.4. The fraction of sp³-hybridized carbons (Fsp3) is 0.333. The fourth-order valence-corrected chi connectivity index (χ4v) is 4.46. The van der Waals surface area contributed by atoms with Crippen LogP contribution in [-0.2, 0) is 6.42 Å². The Morgan fingerprint density at radius 1 is 1.17 bits per heavy atom. The van der Waals surface area contributed by atoms with Crippen LogP contribution in [0.4, 0.5) is 4.39 Å². The van der Waals surface area contributed by atoms with E-state index in [1.54, 1.807) is 26.0 Å². The zero-order valence-corrected chi connectivity index (χ0v) is 16.1. The number of hydrogen-bond donors (Lipinski definition) is 0. The van der Waals surface area contributed by atoms with Gasteiger partial charge in [0.25, 0.3) is 0 Å². The number of ether oxygens (including phenoxy) is 1. The second kappa shape index (κ2) is 6.51. The van der Waals surface area contributed by atoms with Crippen molar-refractivity contribution in [1.29, 1.82) is 0 Å². The number of pyridine rings is 1. The molecule has 0 bridgehead atoms. The minimum absolute atomic E-state index is 0.0204. The Kier molecular flexibility index (Phi) is 3.77. The molecule has 0 N–H and O–H groups in total. The lowest BCUT2D eigenvalue weighted by molar-refractivity contribution is 0.0632. The molecule has 0 amide bonds. The molecule has 6 rings (SSSR count). The summed E-state index contributed by atoms with van der Waals surface area (Å²) in [4.78, 5) is 17.2. The summed E-state index contributed by atoms with van der Waals surface area (Å²) >= 11 is 0. The van der Waals surface area contributed by atoms with Crippen molar-refractivity contribution < 1.29 is 9.13 Å². The van der Waals surface area contributed by atoms with Gasteiger partial charge in [0.05, 0.1) is 30.2 Å². The number of rotatable bonds is 4. The first-order chi connectivity index (χ1) is 14.7. The van der Waals surface area contributed by atoms with Crippen LogP contribution >= 0.6 is 0 Å². The molecule has 0 spiro atoms. The molecule has 9 heteroatoms. The molecule has 4 aromatic rings. The molecule has 30 heavy (non-hydrogen) atoms. The van der Waals surface area contributed by atoms with E-state index in [9.17, 15) is 9.18 Å². The zero-order chi connectivity index (χ0) is 20.2. The Morgan fingerprint density at radius 2 is 2.07 bits per heavy atom. The van der Waals surface area contributed by atoms with Gasteiger partial charge in [-0.2, -0.15) is 10.2 Å². The van der Waals surface area contributed by atoms with Gasteiger partial charge in [-0.05, 0) is 30.7 Å². The lowest BCUT2D eigenvalue weighted by atomic mass is 9.89. The molecule has 1 aliphatic heterocycles. The van der Waals surface area contributed by atoms with Crippen molar-refractivity contribution in [2.24, 2.45) is 0 Å². The van der Waals surface area contributed by atoms with Crippen LogP contribution in [0, 0.1) is 5.82 Å². The number of aryl methyl sites for hydroxylation is 1. The normalized spacial score (nSPS) is 22.8. The molecule has 1 unspecified atom stereocenters. The molecular formula is C21H19FN6O2. The SMILES string of the molecule is O=c1n(C2CC(Oc3ccnn4cccc34)C2)nc2n1C(c1ccc(F)cn1)CC2. The highest BCUT2D eigenvalue weighted by atomic mass is 19.1. The highest BCUT2D eigenvalue weighted by molar-refractivity contribution is 5.59. The Morgan fingerprint density at radius 3 is 2.90 bits per heavy atom. The summed E-state index contributed by atoms with van der Waals surface area (Å²) in [5.41, 5.74) is 1.49. The van der Waals surface area contributed by atoms with Gasteiger partial charge in [-0.15, -0.1) is 0 Å². The van der Waals surface area contributed by atoms with Crippen LogP contribution < -0.4 is 10.4 Å². The van der Waals surface area contributed by atoms with E-state index in [-0.39, 0.29) is 29.7 Å². The van der Waals surface area contributed by atoms with E-state index >= 15 is 0 Å². The lowest BCUT2D eigenvalue weighted by Crippen LogP contribution is -2.41. The Hall–Kier alpha value is -3.49. The Balaban J connectivity index is 1.20. The van der Waals surface area contributed by atoms with Gasteiger partial charge in [0.1, 0.15) is 29.0 Å². The van der Waals surface area contributed by atoms with Crippen LogP contribution in [0.15, 0.2) is 53.7 Å². The summed E-state index contributed by atoms with van der Waals surface area (Å²) in [6.45, 7) is 0. The van der Waals surface area contributed by atoms with Crippen molar-refractivity contribution in [3.05, 3.63) is 76.7 Å². The molecule has 0 aromatic carbocycles. The van der Waals surface area contributed by atoms with Gasteiger partial charge in [-0.25, -0.2) is 18.4 Å². The first kappa shape index (κ1) is 17.4. The molecule has 1 atom stereocenters. The van der Waals surface area contributed by atoms with E-state index in [1.165, 1.54) is 12.3 Å². The maximum absolute atomic E-state index is 13.2. The number of halogens is 1. The second-order valence-electron chi connectivity index (χ2n) is 7.87. The predicted octanol–water partition coefficient (Wildman–Crippen LogP) is 2.54. The average molecular weight is 406 g/mol. The molecular weight excluding hydrogens is 387 g/mol. The largest absolute Gasteiger partial charge is 0.488 e. The molecule has 0 saturated heterocycles. The predicted molar refractivity (Wildman–Crippen MR) is 105 cm³/mol. The minimum Gasteiger partial charge on any atom is -0.488 e. The molecule has 2 aliphatic rings. The van der Waals surface area contributed by atoms with Crippen LogP contribution in [0.1, 0.15) is 42.9 Å². The number of aromatic nitrogens is 6. The molecule has 8 nitrogen and oxygen atoms in total. The lowest BCUT2D eigenvalue weighted by Gasteiger charge is -2.34. The molecule has 5 heterocycles. The van der Waals surface area contributed by atoms with Gasteiger partial charge < -0.3 is 4.74 Å². The third-order valence-corrected chi connectivity index (χ3v) is 6.06. The third kappa shape index (κ3) is 2.65. The summed E-state index contributed by atoms with van der Waals surface area (Å²) in [5, 5.41) is 8.83. The van der Waals surface area contributed by atoms with Crippen molar-refractivity contribution in [3.8, 4) is 5.75 Å². The van der Waals surface area contributed by atoms with Crippen LogP contribution in [0.25, 0.3) is 5.52 Å². The van der Waals surface area contributed by atoms with Crippen molar-refractivity contribution in [1.82, 2.24) is 28.9 Å². The van der Waals surface area contributed by atoms with Gasteiger partial charge >= 0.3 is 5.69 Å². The Bertz CT molecular complexity index is 1290.